The molecule has 0 aliphatic carbocycles. The van der Waals surface area contributed by atoms with Crippen LogP contribution in [0.3, 0.4) is 0 Å². The van der Waals surface area contributed by atoms with Crippen molar-refractivity contribution in [2.75, 3.05) is 13.7 Å². The summed E-state index contributed by atoms with van der Waals surface area (Å²) < 4.78 is 5.35. The Morgan fingerprint density at radius 2 is 2.11 bits per heavy atom. The summed E-state index contributed by atoms with van der Waals surface area (Å²) in [5.74, 6) is 0.498. The first-order chi connectivity index (χ1) is 8.45. The molecule has 4 nitrogen and oxygen atoms in total. The predicted molar refractivity (Wildman–Crippen MR) is 70.9 cm³/mol. The minimum atomic E-state index is -0.967. The van der Waals surface area contributed by atoms with Crippen molar-refractivity contribution in [3.63, 3.8) is 0 Å². The van der Waals surface area contributed by atoms with Gasteiger partial charge < -0.3 is 15.2 Å². The number of nitrogens with one attached hydrogen (secondary N) is 1. The fourth-order valence-corrected chi connectivity index (χ4v) is 1.92. The second-order valence-corrected chi connectivity index (χ2v) is 4.48. The third-order valence-corrected chi connectivity index (χ3v) is 2.85. The number of aliphatic hydroxyl groups excluding tert-OH is 1. The minimum Gasteiger partial charge on any atom is -0.496 e. The van der Waals surface area contributed by atoms with Crippen molar-refractivity contribution < 1.29 is 14.6 Å². The molecule has 1 atom stereocenters. The van der Waals surface area contributed by atoms with E-state index in [-0.39, 0.29) is 5.91 Å². The van der Waals surface area contributed by atoms with E-state index >= 15 is 0 Å². The smallest absolute Gasteiger partial charge is 0.248 e. The van der Waals surface area contributed by atoms with E-state index in [1.54, 1.807) is 7.11 Å². The van der Waals surface area contributed by atoms with E-state index in [9.17, 15) is 4.79 Å². The first-order valence-corrected chi connectivity index (χ1v) is 6.05. The van der Waals surface area contributed by atoms with Crippen molar-refractivity contribution in [1.82, 2.24) is 5.32 Å². The lowest BCUT2D eigenvalue weighted by molar-refractivity contribution is -0.128. The fraction of sp³-hybridized carbons (Fsp3) is 0.500. The topological polar surface area (TPSA) is 58.6 Å². The van der Waals surface area contributed by atoms with Gasteiger partial charge in [-0.1, -0.05) is 6.07 Å². The van der Waals surface area contributed by atoms with Crippen LogP contribution < -0.4 is 10.1 Å². The Hall–Kier alpha value is -1.55. The maximum Gasteiger partial charge on any atom is 0.248 e. The van der Waals surface area contributed by atoms with Crippen LogP contribution in [0.4, 0.5) is 0 Å². The number of carbonyl (C=O) groups excluding carboxylic acids is 1. The zero-order valence-electron chi connectivity index (χ0n) is 11.4. The number of aliphatic hydroxyl groups is 1. The lowest BCUT2D eigenvalue weighted by Gasteiger charge is -2.14. The summed E-state index contributed by atoms with van der Waals surface area (Å²) in [7, 11) is 1.64. The Balaban J connectivity index is 2.70. The number of hydrogen-bond acceptors (Lipinski definition) is 3. The quantitative estimate of drug-likeness (QED) is 0.830. The number of hydrogen-bond donors (Lipinski definition) is 2. The van der Waals surface area contributed by atoms with Gasteiger partial charge in [-0.2, -0.15) is 0 Å². The van der Waals surface area contributed by atoms with Crippen molar-refractivity contribution in [3.05, 3.63) is 28.8 Å². The van der Waals surface area contributed by atoms with E-state index in [2.05, 4.69) is 11.4 Å². The van der Waals surface area contributed by atoms with Gasteiger partial charge in [-0.15, -0.1) is 0 Å². The van der Waals surface area contributed by atoms with Crippen molar-refractivity contribution >= 4 is 5.91 Å². The van der Waals surface area contributed by atoms with E-state index in [0.29, 0.717) is 13.0 Å². The van der Waals surface area contributed by atoms with Crippen LogP contribution >= 0.6 is 0 Å². The standard InChI is InChI=1S/C14H21NO3/c1-9-7-10(2)12(13(8-9)18-4)5-6-15-14(17)11(3)16/h7-8,11,16H,5-6H2,1-4H3,(H,15,17). The van der Waals surface area contributed by atoms with Gasteiger partial charge in [0.05, 0.1) is 7.11 Å². The van der Waals surface area contributed by atoms with Crippen LogP contribution in [0.1, 0.15) is 23.6 Å². The summed E-state index contributed by atoms with van der Waals surface area (Å²) in [4.78, 5) is 11.2. The van der Waals surface area contributed by atoms with E-state index in [0.717, 1.165) is 22.4 Å². The summed E-state index contributed by atoms with van der Waals surface area (Å²) in [6.07, 6.45) is -0.278. The van der Waals surface area contributed by atoms with E-state index < -0.39 is 6.10 Å². The molecule has 100 valence electrons. The highest BCUT2D eigenvalue weighted by atomic mass is 16.5. The van der Waals surface area contributed by atoms with Crippen molar-refractivity contribution in [1.29, 1.82) is 0 Å². The van der Waals surface area contributed by atoms with E-state index in [4.69, 9.17) is 9.84 Å². The molecule has 18 heavy (non-hydrogen) atoms. The largest absolute Gasteiger partial charge is 0.496 e. The Morgan fingerprint density at radius 3 is 2.67 bits per heavy atom. The lowest BCUT2D eigenvalue weighted by Crippen LogP contribution is -2.33. The molecular weight excluding hydrogens is 230 g/mol. The molecule has 0 saturated carbocycles. The average molecular weight is 251 g/mol. The number of carbonyl (C=O) groups is 1. The molecule has 0 bridgehead atoms. The van der Waals surface area contributed by atoms with E-state index in [1.807, 2.05) is 19.9 Å². The zero-order chi connectivity index (χ0) is 13.7. The van der Waals surface area contributed by atoms with Crippen LogP contribution in [0.2, 0.25) is 0 Å². The Labute approximate surface area is 108 Å². The Bertz CT molecular complexity index is 427. The van der Waals surface area contributed by atoms with Crippen molar-refractivity contribution in [3.8, 4) is 5.75 Å². The molecule has 0 aliphatic rings. The van der Waals surface area contributed by atoms with Crippen LogP contribution in [-0.4, -0.2) is 30.8 Å². The van der Waals surface area contributed by atoms with E-state index in [1.165, 1.54) is 6.92 Å². The molecule has 1 aromatic carbocycles. The predicted octanol–water partition coefficient (Wildman–Crippen LogP) is 1.35. The van der Waals surface area contributed by atoms with Gasteiger partial charge in [-0.05, 0) is 49.9 Å². The summed E-state index contributed by atoms with van der Waals surface area (Å²) in [5, 5.41) is 11.8. The first kappa shape index (κ1) is 14.5. The third kappa shape index (κ3) is 3.74. The van der Waals surface area contributed by atoms with Crippen molar-refractivity contribution in [2.45, 2.75) is 33.3 Å². The number of aryl methyl sites for hydroxylation is 2. The van der Waals surface area contributed by atoms with Gasteiger partial charge in [-0.25, -0.2) is 0 Å². The Kier molecular flexibility index (Phi) is 5.16. The molecule has 1 rings (SSSR count). The summed E-state index contributed by atoms with van der Waals surface area (Å²) >= 11 is 0. The van der Waals surface area contributed by atoms with Crippen LogP contribution in [0.15, 0.2) is 12.1 Å². The van der Waals surface area contributed by atoms with Gasteiger partial charge in [-0.3, -0.25) is 4.79 Å². The van der Waals surface area contributed by atoms with Gasteiger partial charge in [0.15, 0.2) is 0 Å². The highest BCUT2D eigenvalue weighted by Crippen LogP contribution is 2.24. The molecule has 1 aromatic rings. The molecule has 0 heterocycles. The van der Waals surface area contributed by atoms with Gasteiger partial charge in [0.25, 0.3) is 0 Å². The summed E-state index contributed by atoms with van der Waals surface area (Å²) in [6, 6.07) is 4.08. The maximum absolute atomic E-state index is 11.2. The number of amides is 1. The summed E-state index contributed by atoms with van der Waals surface area (Å²) in [6.45, 7) is 5.99. The molecule has 0 aliphatic heterocycles. The molecular formula is C14H21NO3. The van der Waals surface area contributed by atoms with Crippen LogP contribution in [0.5, 0.6) is 5.75 Å². The average Bonchev–Trinajstić information content (AvgIpc) is 2.30. The molecule has 0 fully saturated rings. The normalized spacial score (nSPS) is 12.1. The van der Waals surface area contributed by atoms with Gasteiger partial charge in [0.1, 0.15) is 11.9 Å². The second-order valence-electron chi connectivity index (χ2n) is 4.48. The molecule has 0 spiro atoms. The zero-order valence-corrected chi connectivity index (χ0v) is 11.4. The van der Waals surface area contributed by atoms with Crippen LogP contribution in [0.25, 0.3) is 0 Å². The molecule has 1 amide bonds. The number of benzene rings is 1. The van der Waals surface area contributed by atoms with Crippen molar-refractivity contribution in [2.24, 2.45) is 0 Å². The van der Waals surface area contributed by atoms with Gasteiger partial charge >= 0.3 is 0 Å². The third-order valence-electron chi connectivity index (χ3n) is 2.85. The molecule has 0 aromatic heterocycles. The van der Waals surface area contributed by atoms with Gasteiger partial charge in [0, 0.05) is 6.54 Å². The molecule has 1 unspecified atom stereocenters. The Morgan fingerprint density at radius 1 is 1.44 bits per heavy atom. The summed E-state index contributed by atoms with van der Waals surface area (Å²) in [5.41, 5.74) is 3.40. The molecule has 0 saturated heterocycles. The number of ether oxygens (including phenoxy) is 1. The highest BCUT2D eigenvalue weighted by Gasteiger charge is 2.10. The monoisotopic (exact) mass is 251 g/mol. The fourth-order valence-electron chi connectivity index (χ4n) is 1.92. The highest BCUT2D eigenvalue weighted by molar-refractivity contribution is 5.79. The molecule has 4 heteroatoms. The van der Waals surface area contributed by atoms with Crippen LogP contribution in [-0.2, 0) is 11.2 Å². The number of rotatable bonds is 5. The molecule has 0 radical (unpaired) electrons. The molecule has 2 N–H and O–H groups in total. The SMILES string of the molecule is COc1cc(C)cc(C)c1CCNC(=O)C(C)O. The first-order valence-electron chi connectivity index (χ1n) is 6.05. The lowest BCUT2D eigenvalue weighted by atomic mass is 10.0. The second kappa shape index (κ2) is 6.40. The van der Waals surface area contributed by atoms with Crippen LogP contribution in [0, 0.1) is 13.8 Å². The maximum atomic E-state index is 11.2. The minimum absolute atomic E-state index is 0.348. The van der Waals surface area contributed by atoms with Gasteiger partial charge in [0.2, 0.25) is 5.91 Å². The number of methoxy groups -OCH3 is 1.